The summed E-state index contributed by atoms with van der Waals surface area (Å²) in [5.41, 5.74) is 13.4. The molecule has 4 nitrogen and oxygen atoms in total. The SMILES string of the molecule is C=Cc1oc2c(B(c3ccccc3)c3ccc4c(c3)C3(c5ccccc5Oc5ccccc53)c3cc(B(c5ccccc5)c5cccc6c(/C=C\C)c(C=C)oc56)ccc3O4)cccc2c1C=C. The fourth-order valence-corrected chi connectivity index (χ4v) is 11.1. The number of ether oxygens (including phenoxy) is 2. The van der Waals surface area contributed by atoms with Gasteiger partial charge < -0.3 is 18.3 Å². The molecule has 0 fully saturated rings. The second-order valence-electron chi connectivity index (χ2n) is 17.5. The Morgan fingerprint density at radius 3 is 1.32 bits per heavy atom. The molecule has 68 heavy (non-hydrogen) atoms. The zero-order chi connectivity index (χ0) is 45.9. The van der Waals surface area contributed by atoms with Crippen molar-refractivity contribution in [3.05, 3.63) is 253 Å². The first-order chi connectivity index (χ1) is 33.5. The Hall–Kier alpha value is -8.47. The molecular weight excluding hydrogens is 830 g/mol. The first-order valence-electron chi connectivity index (χ1n) is 23.1. The topological polar surface area (TPSA) is 44.7 Å². The molecule has 10 aromatic rings. The van der Waals surface area contributed by atoms with E-state index in [1.54, 1.807) is 12.2 Å². The van der Waals surface area contributed by atoms with Gasteiger partial charge in [-0.1, -0.05) is 218 Å². The van der Waals surface area contributed by atoms with Crippen LogP contribution in [0.2, 0.25) is 0 Å². The van der Waals surface area contributed by atoms with Gasteiger partial charge in [0.25, 0.3) is 0 Å². The van der Waals surface area contributed by atoms with Gasteiger partial charge in [-0.3, -0.25) is 0 Å². The number of furan rings is 2. The van der Waals surface area contributed by atoms with Crippen molar-refractivity contribution in [1.82, 2.24) is 0 Å². The first-order valence-corrected chi connectivity index (χ1v) is 23.1. The molecule has 0 saturated heterocycles. The molecule has 2 aliphatic heterocycles. The zero-order valence-electron chi connectivity index (χ0n) is 37.6. The van der Waals surface area contributed by atoms with Crippen LogP contribution in [-0.4, -0.2) is 13.4 Å². The van der Waals surface area contributed by atoms with Crippen LogP contribution < -0.4 is 42.3 Å². The minimum atomic E-state index is -0.878. The molecule has 12 rings (SSSR count). The molecule has 0 amide bonds. The first kappa shape index (κ1) is 41.0. The molecule has 2 aliphatic rings. The van der Waals surface area contributed by atoms with Crippen molar-refractivity contribution in [3.8, 4) is 23.0 Å². The van der Waals surface area contributed by atoms with Crippen molar-refractivity contribution in [3.63, 3.8) is 0 Å². The van der Waals surface area contributed by atoms with Crippen LogP contribution in [0.4, 0.5) is 0 Å². The Kier molecular flexibility index (Phi) is 9.92. The van der Waals surface area contributed by atoms with E-state index in [-0.39, 0.29) is 13.4 Å². The summed E-state index contributed by atoms with van der Waals surface area (Å²) in [6.45, 7) is 13.9. The van der Waals surface area contributed by atoms with Gasteiger partial charge in [-0.25, -0.2) is 0 Å². The van der Waals surface area contributed by atoms with E-state index in [0.29, 0.717) is 5.76 Å². The monoisotopic (exact) mass is 874 g/mol. The van der Waals surface area contributed by atoms with E-state index in [0.717, 1.165) is 117 Å². The second-order valence-corrected chi connectivity index (χ2v) is 17.5. The summed E-state index contributed by atoms with van der Waals surface area (Å²) in [6, 6.07) is 64.6. The van der Waals surface area contributed by atoms with E-state index in [2.05, 4.69) is 196 Å². The second kappa shape index (κ2) is 16.4. The standard InChI is InChI=1S/C62H44B2O4/c1-5-21-45-47-27-20-31-53(61(47)68-55(45)8-4)64(41-24-13-10-14-25-41)43-35-37-59-51(39-43)62(48-28-15-17-32-56(48)65-57-33-18-16-29-49(57)62)50-38-42(34-36-58(50)66-59)63(40-22-11-9-12-23-40)52-30-19-26-46-44(6-2)54(7-3)67-60(46)52/h5-39H,2-4H2,1H3/b21-5-. The lowest BCUT2D eigenvalue weighted by Crippen LogP contribution is -2.53. The number of benzene rings is 8. The van der Waals surface area contributed by atoms with Crippen molar-refractivity contribution < 1.29 is 18.3 Å². The third kappa shape index (κ3) is 6.18. The Balaban J connectivity index is 1.15. The van der Waals surface area contributed by atoms with Crippen LogP contribution in [0, 0.1) is 0 Å². The van der Waals surface area contributed by atoms with Gasteiger partial charge in [0, 0.05) is 44.2 Å². The smallest absolute Gasteiger partial charge is 0.246 e. The van der Waals surface area contributed by atoms with Gasteiger partial charge in [0.1, 0.15) is 45.7 Å². The molecule has 1 spiro atoms. The number of rotatable bonds is 10. The maximum atomic E-state index is 7.16. The molecule has 0 unspecified atom stereocenters. The van der Waals surface area contributed by atoms with Crippen molar-refractivity contribution in [2.45, 2.75) is 12.3 Å². The molecule has 0 bridgehead atoms. The summed E-state index contributed by atoms with van der Waals surface area (Å²) in [4.78, 5) is 0. The molecule has 8 aromatic carbocycles. The van der Waals surface area contributed by atoms with Crippen LogP contribution in [0.3, 0.4) is 0 Å². The molecule has 2 aromatic heterocycles. The lowest BCUT2D eigenvalue weighted by atomic mass is 9.36. The van der Waals surface area contributed by atoms with E-state index in [9.17, 15) is 0 Å². The highest BCUT2D eigenvalue weighted by molar-refractivity contribution is 6.97. The minimum Gasteiger partial charge on any atom is -0.457 e. The third-order valence-corrected chi connectivity index (χ3v) is 13.9. The molecular formula is C62H44B2O4. The molecule has 0 aliphatic carbocycles. The highest BCUT2D eigenvalue weighted by Crippen LogP contribution is 2.61. The average Bonchev–Trinajstić information content (AvgIpc) is 3.96. The zero-order valence-corrected chi connectivity index (χ0v) is 37.6. The molecule has 0 N–H and O–H groups in total. The van der Waals surface area contributed by atoms with Crippen LogP contribution in [-0.2, 0) is 5.41 Å². The fourth-order valence-electron chi connectivity index (χ4n) is 11.1. The van der Waals surface area contributed by atoms with E-state index in [4.69, 9.17) is 18.3 Å². The van der Waals surface area contributed by atoms with Crippen LogP contribution >= 0.6 is 0 Å². The fraction of sp³-hybridized carbons (Fsp3) is 0.0323. The summed E-state index contributed by atoms with van der Waals surface area (Å²) >= 11 is 0. The number of para-hydroxylation sites is 4. The number of hydrogen-bond donors (Lipinski definition) is 0. The molecule has 0 atom stereocenters. The van der Waals surface area contributed by atoms with Gasteiger partial charge in [0.2, 0.25) is 13.4 Å². The highest BCUT2D eigenvalue weighted by atomic mass is 16.5. The van der Waals surface area contributed by atoms with Gasteiger partial charge in [-0.15, -0.1) is 0 Å². The van der Waals surface area contributed by atoms with Crippen molar-refractivity contribution in [1.29, 1.82) is 0 Å². The van der Waals surface area contributed by atoms with Crippen LogP contribution in [0.25, 0.3) is 46.2 Å². The summed E-state index contributed by atoms with van der Waals surface area (Å²) in [5, 5.41) is 2.04. The van der Waals surface area contributed by atoms with Gasteiger partial charge in [-0.05, 0) is 54.3 Å². The number of fused-ring (bicyclic) bond motifs is 10. The van der Waals surface area contributed by atoms with Gasteiger partial charge >= 0.3 is 0 Å². The molecule has 322 valence electrons. The lowest BCUT2D eigenvalue weighted by molar-refractivity contribution is 0.399. The van der Waals surface area contributed by atoms with Crippen molar-refractivity contribution >= 4 is 92.4 Å². The largest absolute Gasteiger partial charge is 0.457 e. The summed E-state index contributed by atoms with van der Waals surface area (Å²) in [7, 11) is 0. The van der Waals surface area contributed by atoms with E-state index < -0.39 is 5.41 Å². The van der Waals surface area contributed by atoms with Gasteiger partial charge in [-0.2, -0.15) is 0 Å². The van der Waals surface area contributed by atoms with Crippen molar-refractivity contribution in [2.75, 3.05) is 0 Å². The average molecular weight is 875 g/mol. The van der Waals surface area contributed by atoms with Gasteiger partial charge in [0.05, 0.1) is 5.41 Å². The molecule has 0 radical (unpaired) electrons. The lowest BCUT2D eigenvalue weighted by Gasteiger charge is -2.45. The maximum absolute atomic E-state index is 7.16. The predicted molar refractivity (Wildman–Crippen MR) is 285 cm³/mol. The Morgan fingerprint density at radius 1 is 0.412 bits per heavy atom. The Bertz CT molecular complexity index is 3630. The van der Waals surface area contributed by atoms with Gasteiger partial charge in [0.15, 0.2) is 0 Å². The number of allylic oxidation sites excluding steroid dienone is 1. The summed E-state index contributed by atoms with van der Waals surface area (Å²) in [6.07, 6.45) is 9.57. The molecule has 6 heteroatoms. The Labute approximate surface area is 397 Å². The highest BCUT2D eigenvalue weighted by Gasteiger charge is 2.51. The maximum Gasteiger partial charge on any atom is 0.246 e. The van der Waals surface area contributed by atoms with Crippen LogP contribution in [0.15, 0.2) is 217 Å². The third-order valence-electron chi connectivity index (χ3n) is 13.9. The van der Waals surface area contributed by atoms with E-state index in [1.165, 1.54) is 0 Å². The molecule has 4 heterocycles. The van der Waals surface area contributed by atoms with E-state index in [1.807, 2.05) is 31.2 Å². The van der Waals surface area contributed by atoms with E-state index >= 15 is 0 Å². The van der Waals surface area contributed by atoms with Crippen molar-refractivity contribution in [2.24, 2.45) is 0 Å². The predicted octanol–water partition coefficient (Wildman–Crippen LogP) is 11.8. The van der Waals surface area contributed by atoms with Crippen LogP contribution in [0.5, 0.6) is 23.0 Å². The Morgan fingerprint density at radius 2 is 0.853 bits per heavy atom. The number of hydrogen-bond acceptors (Lipinski definition) is 4. The molecule has 0 saturated carbocycles. The summed E-state index contributed by atoms with van der Waals surface area (Å²) < 4.78 is 27.4. The minimum absolute atomic E-state index is 0.209. The summed E-state index contributed by atoms with van der Waals surface area (Å²) in [5.74, 6) is 4.59. The normalized spacial score (nSPS) is 13.0. The van der Waals surface area contributed by atoms with Crippen LogP contribution in [0.1, 0.15) is 51.8 Å². The quantitative estimate of drug-likeness (QED) is 0.128.